The summed E-state index contributed by atoms with van der Waals surface area (Å²) in [7, 11) is 0. The topological polar surface area (TPSA) is 84.2 Å². The van der Waals surface area contributed by atoms with Gasteiger partial charge >= 0.3 is 0 Å². The molecule has 1 aromatic carbocycles. The summed E-state index contributed by atoms with van der Waals surface area (Å²) >= 11 is 5.70. The Hall–Kier alpha value is -1.30. The van der Waals surface area contributed by atoms with Crippen LogP contribution < -0.4 is 16.4 Å². The molecule has 0 spiro atoms. The van der Waals surface area contributed by atoms with Crippen LogP contribution in [0.2, 0.25) is 5.02 Å². The van der Waals surface area contributed by atoms with E-state index in [-0.39, 0.29) is 30.8 Å². The van der Waals surface area contributed by atoms with Gasteiger partial charge in [0.1, 0.15) is 0 Å². The van der Waals surface area contributed by atoms with E-state index in [0.29, 0.717) is 23.7 Å². The Bertz CT molecular complexity index is 396. The quantitative estimate of drug-likeness (QED) is 0.694. The minimum atomic E-state index is -0.245. The highest BCUT2D eigenvalue weighted by Crippen LogP contribution is 2.08. The van der Waals surface area contributed by atoms with E-state index in [4.69, 9.17) is 17.3 Å². The summed E-state index contributed by atoms with van der Waals surface area (Å²) in [6, 6.07) is 6.56. The maximum Gasteiger partial charge on any atom is 0.251 e. The number of nitrogens with two attached hydrogens (primary N) is 1. The zero-order valence-corrected chi connectivity index (χ0v) is 11.2. The third kappa shape index (κ3) is 5.86. The van der Waals surface area contributed by atoms with Gasteiger partial charge in [0.15, 0.2) is 0 Å². The number of rotatable bonds is 5. The molecule has 0 radical (unpaired) electrons. The highest BCUT2D eigenvalue weighted by molar-refractivity contribution is 6.30. The molecule has 1 rings (SSSR count). The SMILES string of the molecule is Cl.NCC(=O)NCCNC(=O)c1ccc(Cl)cc1. The lowest BCUT2D eigenvalue weighted by molar-refractivity contribution is -0.119. The fourth-order valence-corrected chi connectivity index (χ4v) is 1.28. The molecule has 5 nitrogen and oxygen atoms in total. The van der Waals surface area contributed by atoms with Crippen molar-refractivity contribution >= 4 is 35.8 Å². The van der Waals surface area contributed by atoms with Crippen LogP contribution in [0.1, 0.15) is 10.4 Å². The van der Waals surface area contributed by atoms with Gasteiger partial charge in [-0.05, 0) is 24.3 Å². The van der Waals surface area contributed by atoms with Gasteiger partial charge in [-0.1, -0.05) is 11.6 Å². The van der Waals surface area contributed by atoms with Gasteiger partial charge in [-0.25, -0.2) is 0 Å². The van der Waals surface area contributed by atoms with Crippen molar-refractivity contribution in [2.24, 2.45) is 5.73 Å². The minimum absolute atomic E-state index is 0. The Morgan fingerprint density at radius 1 is 1.11 bits per heavy atom. The van der Waals surface area contributed by atoms with Crippen LogP contribution in [-0.4, -0.2) is 31.4 Å². The molecule has 0 unspecified atom stereocenters. The molecule has 1 aromatic rings. The standard InChI is InChI=1S/C11H14ClN3O2.ClH/c12-9-3-1-8(2-4-9)11(17)15-6-5-14-10(16)7-13;/h1-4H,5-7,13H2,(H,14,16)(H,15,17);1H. The number of nitrogens with one attached hydrogen (secondary N) is 2. The molecule has 0 aliphatic heterocycles. The van der Waals surface area contributed by atoms with E-state index >= 15 is 0 Å². The first-order valence-electron chi connectivity index (χ1n) is 5.14. The molecule has 0 fully saturated rings. The van der Waals surface area contributed by atoms with Crippen LogP contribution in [0.5, 0.6) is 0 Å². The lowest BCUT2D eigenvalue weighted by Gasteiger charge is -2.06. The maximum absolute atomic E-state index is 11.6. The maximum atomic E-state index is 11.6. The summed E-state index contributed by atoms with van der Waals surface area (Å²) in [6.07, 6.45) is 0. The van der Waals surface area contributed by atoms with Crippen LogP contribution in [0.4, 0.5) is 0 Å². The summed E-state index contributed by atoms with van der Waals surface area (Å²) in [5.41, 5.74) is 5.63. The predicted octanol–water partition coefficient (Wildman–Crippen LogP) is 0.567. The fraction of sp³-hybridized carbons (Fsp3) is 0.273. The van der Waals surface area contributed by atoms with E-state index in [2.05, 4.69) is 10.6 Å². The second-order valence-electron chi connectivity index (χ2n) is 3.32. The molecule has 0 heterocycles. The highest BCUT2D eigenvalue weighted by Gasteiger charge is 2.04. The molecule has 0 aromatic heterocycles. The van der Waals surface area contributed by atoms with Crippen LogP contribution in [0.15, 0.2) is 24.3 Å². The second kappa shape index (κ2) is 8.74. The molecule has 4 N–H and O–H groups in total. The van der Waals surface area contributed by atoms with Crippen molar-refractivity contribution in [1.82, 2.24) is 10.6 Å². The summed E-state index contributed by atoms with van der Waals surface area (Å²) in [5.74, 6) is -0.450. The molecule has 0 aliphatic carbocycles. The average molecular weight is 292 g/mol. The number of amides is 2. The summed E-state index contributed by atoms with van der Waals surface area (Å²) in [4.78, 5) is 22.4. The molecule has 0 saturated carbocycles. The monoisotopic (exact) mass is 291 g/mol. The van der Waals surface area contributed by atoms with Crippen molar-refractivity contribution in [3.8, 4) is 0 Å². The van der Waals surface area contributed by atoms with Gasteiger partial charge in [0.25, 0.3) is 5.91 Å². The van der Waals surface area contributed by atoms with E-state index in [9.17, 15) is 9.59 Å². The van der Waals surface area contributed by atoms with Crippen LogP contribution in [-0.2, 0) is 4.79 Å². The molecular formula is C11H15Cl2N3O2. The molecule has 2 amide bonds. The van der Waals surface area contributed by atoms with Crippen molar-refractivity contribution in [2.45, 2.75) is 0 Å². The summed E-state index contributed by atoms with van der Waals surface area (Å²) in [6.45, 7) is 0.660. The number of carbonyl (C=O) groups is 2. The number of benzene rings is 1. The average Bonchev–Trinajstić information content (AvgIpc) is 2.34. The molecular weight excluding hydrogens is 277 g/mol. The Morgan fingerprint density at radius 2 is 1.67 bits per heavy atom. The third-order valence-electron chi connectivity index (χ3n) is 2.02. The number of halogens is 2. The first-order chi connectivity index (χ1) is 8.13. The Morgan fingerprint density at radius 3 is 2.22 bits per heavy atom. The van der Waals surface area contributed by atoms with Crippen LogP contribution in [0, 0.1) is 0 Å². The zero-order valence-electron chi connectivity index (χ0n) is 9.61. The molecule has 18 heavy (non-hydrogen) atoms. The molecule has 100 valence electrons. The van der Waals surface area contributed by atoms with Gasteiger partial charge in [0, 0.05) is 23.7 Å². The third-order valence-corrected chi connectivity index (χ3v) is 2.28. The van der Waals surface area contributed by atoms with Gasteiger partial charge in [-0.2, -0.15) is 0 Å². The Balaban J connectivity index is 0.00000289. The van der Waals surface area contributed by atoms with E-state index in [1.54, 1.807) is 24.3 Å². The second-order valence-corrected chi connectivity index (χ2v) is 3.75. The van der Waals surface area contributed by atoms with Crippen LogP contribution >= 0.6 is 24.0 Å². The highest BCUT2D eigenvalue weighted by atomic mass is 35.5. The largest absolute Gasteiger partial charge is 0.353 e. The number of hydrogen-bond acceptors (Lipinski definition) is 3. The van der Waals surface area contributed by atoms with Crippen molar-refractivity contribution in [3.63, 3.8) is 0 Å². The summed E-state index contributed by atoms with van der Waals surface area (Å²) in [5, 5.41) is 5.79. The molecule has 0 bridgehead atoms. The van der Waals surface area contributed by atoms with Crippen LogP contribution in [0.3, 0.4) is 0 Å². The molecule has 0 saturated heterocycles. The Labute approximate surface area is 116 Å². The smallest absolute Gasteiger partial charge is 0.251 e. The predicted molar refractivity (Wildman–Crippen MR) is 73.1 cm³/mol. The van der Waals surface area contributed by atoms with E-state index in [1.807, 2.05) is 0 Å². The first-order valence-corrected chi connectivity index (χ1v) is 5.52. The normalized spacial score (nSPS) is 9.22. The van der Waals surface area contributed by atoms with Gasteiger partial charge in [0.2, 0.25) is 5.91 Å². The van der Waals surface area contributed by atoms with Crippen molar-refractivity contribution in [3.05, 3.63) is 34.9 Å². The van der Waals surface area contributed by atoms with Gasteiger partial charge in [0.05, 0.1) is 6.54 Å². The molecule has 7 heteroatoms. The minimum Gasteiger partial charge on any atom is -0.353 e. The van der Waals surface area contributed by atoms with E-state index in [0.717, 1.165) is 0 Å². The molecule has 0 atom stereocenters. The lowest BCUT2D eigenvalue weighted by atomic mass is 10.2. The zero-order chi connectivity index (χ0) is 12.7. The summed E-state index contributed by atoms with van der Waals surface area (Å²) < 4.78 is 0. The number of carbonyl (C=O) groups excluding carboxylic acids is 2. The van der Waals surface area contributed by atoms with Crippen molar-refractivity contribution in [2.75, 3.05) is 19.6 Å². The van der Waals surface area contributed by atoms with E-state index in [1.165, 1.54) is 0 Å². The van der Waals surface area contributed by atoms with E-state index < -0.39 is 0 Å². The fourth-order valence-electron chi connectivity index (χ4n) is 1.15. The number of hydrogen-bond donors (Lipinski definition) is 3. The van der Waals surface area contributed by atoms with Crippen molar-refractivity contribution in [1.29, 1.82) is 0 Å². The lowest BCUT2D eigenvalue weighted by Crippen LogP contribution is -2.37. The Kier molecular flexibility index (Phi) is 8.11. The van der Waals surface area contributed by atoms with Gasteiger partial charge in [-0.15, -0.1) is 12.4 Å². The van der Waals surface area contributed by atoms with Crippen molar-refractivity contribution < 1.29 is 9.59 Å². The van der Waals surface area contributed by atoms with Gasteiger partial charge < -0.3 is 16.4 Å². The molecule has 0 aliphatic rings. The first kappa shape index (κ1) is 16.7. The van der Waals surface area contributed by atoms with Crippen LogP contribution in [0.25, 0.3) is 0 Å². The van der Waals surface area contributed by atoms with Gasteiger partial charge in [-0.3, -0.25) is 9.59 Å².